The summed E-state index contributed by atoms with van der Waals surface area (Å²) in [5.74, 6) is 1.04. The molecule has 1 aliphatic heterocycles. The molecule has 0 bridgehead atoms. The largest absolute Gasteiger partial charge is 0.461 e. The Labute approximate surface area is 150 Å². The van der Waals surface area contributed by atoms with Crippen molar-refractivity contribution in [3.63, 3.8) is 0 Å². The molecule has 0 unspecified atom stereocenters. The lowest BCUT2D eigenvalue weighted by atomic mass is 10.0. The topological polar surface area (TPSA) is 24.6 Å². The van der Waals surface area contributed by atoms with E-state index in [4.69, 9.17) is 4.42 Å². The highest BCUT2D eigenvalue weighted by molar-refractivity contribution is 6.09. The number of aryl methyl sites for hydroxylation is 3. The molecule has 0 amide bonds. The average molecular weight is 339 g/mol. The van der Waals surface area contributed by atoms with E-state index in [9.17, 15) is 0 Å². The highest BCUT2D eigenvalue weighted by atomic mass is 16.3. The van der Waals surface area contributed by atoms with E-state index in [-0.39, 0.29) is 0 Å². The second-order valence-corrected chi connectivity index (χ2v) is 7.84. The number of rotatable bonds is 4. The van der Waals surface area contributed by atoms with Crippen molar-refractivity contribution in [2.45, 2.75) is 39.8 Å². The van der Waals surface area contributed by atoms with E-state index in [1.165, 1.54) is 39.5 Å². The number of furan rings is 1. The van der Waals surface area contributed by atoms with Crippen molar-refractivity contribution in [1.29, 1.82) is 0 Å². The van der Waals surface area contributed by atoms with Crippen LogP contribution in [0.25, 0.3) is 21.9 Å². The standard InChI is InChI=1S/C21H29N3O/c1-14-15(2)25-19-8-7-18-21(20(14)19)16-13-23(5)12-9-17(16)24(18)11-6-10-22(3)4/h7-8H,6,9-13H2,1-5H3. The summed E-state index contributed by atoms with van der Waals surface area (Å²) >= 11 is 0. The monoisotopic (exact) mass is 339 g/mol. The molecular weight excluding hydrogens is 310 g/mol. The van der Waals surface area contributed by atoms with Crippen LogP contribution in [0.4, 0.5) is 0 Å². The van der Waals surface area contributed by atoms with Crippen LogP contribution >= 0.6 is 0 Å². The maximum Gasteiger partial charge on any atom is 0.135 e. The van der Waals surface area contributed by atoms with Gasteiger partial charge in [-0.3, -0.25) is 0 Å². The van der Waals surface area contributed by atoms with Gasteiger partial charge in [-0.1, -0.05) is 0 Å². The Bertz CT molecular complexity index is 932. The average Bonchev–Trinajstić information content (AvgIpc) is 3.02. The summed E-state index contributed by atoms with van der Waals surface area (Å²) in [6.45, 7) is 8.67. The van der Waals surface area contributed by atoms with Crippen LogP contribution in [-0.2, 0) is 19.5 Å². The van der Waals surface area contributed by atoms with Gasteiger partial charge in [0, 0.05) is 48.0 Å². The zero-order chi connectivity index (χ0) is 17.7. The van der Waals surface area contributed by atoms with Crippen LogP contribution in [0, 0.1) is 13.8 Å². The minimum absolute atomic E-state index is 1.03. The summed E-state index contributed by atoms with van der Waals surface area (Å²) in [6.07, 6.45) is 2.32. The molecule has 4 rings (SSSR count). The van der Waals surface area contributed by atoms with E-state index in [0.717, 1.165) is 43.9 Å². The molecule has 4 heteroatoms. The second kappa shape index (κ2) is 6.19. The van der Waals surface area contributed by atoms with Gasteiger partial charge in [0.2, 0.25) is 0 Å². The van der Waals surface area contributed by atoms with E-state index < -0.39 is 0 Å². The number of hydrogen-bond donors (Lipinski definition) is 0. The molecule has 0 radical (unpaired) electrons. The van der Waals surface area contributed by atoms with Crippen LogP contribution in [0.3, 0.4) is 0 Å². The maximum absolute atomic E-state index is 6.02. The Morgan fingerprint density at radius 2 is 1.96 bits per heavy atom. The molecule has 0 N–H and O–H groups in total. The first kappa shape index (κ1) is 16.7. The summed E-state index contributed by atoms with van der Waals surface area (Å²) in [4.78, 5) is 4.71. The van der Waals surface area contributed by atoms with Gasteiger partial charge in [0.1, 0.15) is 11.3 Å². The Hall–Kier alpha value is -1.78. The molecule has 0 fully saturated rings. The van der Waals surface area contributed by atoms with E-state index in [2.05, 4.69) is 61.5 Å². The Balaban J connectivity index is 1.94. The molecule has 0 spiro atoms. The summed E-state index contributed by atoms with van der Waals surface area (Å²) in [5.41, 5.74) is 6.77. The molecule has 3 aromatic rings. The van der Waals surface area contributed by atoms with E-state index in [0.29, 0.717) is 0 Å². The van der Waals surface area contributed by atoms with Crippen LogP contribution in [0.5, 0.6) is 0 Å². The van der Waals surface area contributed by atoms with Gasteiger partial charge < -0.3 is 18.8 Å². The van der Waals surface area contributed by atoms with Gasteiger partial charge in [0.15, 0.2) is 0 Å². The molecule has 2 aromatic heterocycles. The minimum atomic E-state index is 1.03. The number of hydrogen-bond acceptors (Lipinski definition) is 3. The molecule has 134 valence electrons. The Kier molecular flexibility index (Phi) is 4.13. The molecule has 1 aromatic carbocycles. The number of benzene rings is 1. The van der Waals surface area contributed by atoms with Gasteiger partial charge >= 0.3 is 0 Å². The molecule has 0 saturated heterocycles. The van der Waals surface area contributed by atoms with Crippen molar-refractivity contribution < 1.29 is 4.42 Å². The van der Waals surface area contributed by atoms with Gasteiger partial charge in [-0.25, -0.2) is 0 Å². The molecule has 3 heterocycles. The van der Waals surface area contributed by atoms with E-state index in [1.807, 2.05) is 0 Å². The van der Waals surface area contributed by atoms with Gasteiger partial charge in [-0.05, 0) is 71.2 Å². The fourth-order valence-corrected chi connectivity index (χ4v) is 4.33. The summed E-state index contributed by atoms with van der Waals surface area (Å²) in [7, 11) is 6.53. The van der Waals surface area contributed by atoms with E-state index >= 15 is 0 Å². The first-order valence-corrected chi connectivity index (χ1v) is 9.33. The van der Waals surface area contributed by atoms with Gasteiger partial charge in [0.05, 0.1) is 0 Å². The fraction of sp³-hybridized carbons (Fsp3) is 0.524. The number of fused-ring (bicyclic) bond motifs is 5. The maximum atomic E-state index is 6.02. The Morgan fingerprint density at radius 3 is 2.72 bits per heavy atom. The summed E-state index contributed by atoms with van der Waals surface area (Å²) < 4.78 is 8.60. The normalized spacial score (nSPS) is 15.6. The zero-order valence-corrected chi connectivity index (χ0v) is 16.1. The van der Waals surface area contributed by atoms with Gasteiger partial charge in [-0.15, -0.1) is 0 Å². The smallest absolute Gasteiger partial charge is 0.135 e. The lowest BCUT2D eigenvalue weighted by Gasteiger charge is -2.24. The number of nitrogens with zero attached hydrogens (tertiary/aromatic N) is 3. The predicted octanol–water partition coefficient (Wildman–Crippen LogP) is 3.94. The molecule has 25 heavy (non-hydrogen) atoms. The van der Waals surface area contributed by atoms with Crippen molar-refractivity contribution >= 4 is 21.9 Å². The molecule has 0 aliphatic carbocycles. The molecule has 0 atom stereocenters. The van der Waals surface area contributed by atoms with Gasteiger partial charge in [0.25, 0.3) is 0 Å². The molecule has 4 nitrogen and oxygen atoms in total. The van der Waals surface area contributed by atoms with Crippen LogP contribution in [0.1, 0.15) is 29.0 Å². The Morgan fingerprint density at radius 1 is 1.16 bits per heavy atom. The third-order valence-electron chi connectivity index (χ3n) is 5.72. The quantitative estimate of drug-likeness (QED) is 0.719. The van der Waals surface area contributed by atoms with Crippen LogP contribution in [0.2, 0.25) is 0 Å². The second-order valence-electron chi connectivity index (χ2n) is 7.84. The highest BCUT2D eigenvalue weighted by Gasteiger charge is 2.25. The number of aromatic nitrogens is 1. The fourth-order valence-electron chi connectivity index (χ4n) is 4.33. The summed E-state index contributed by atoms with van der Waals surface area (Å²) in [6, 6.07) is 4.43. The molecule has 0 saturated carbocycles. The predicted molar refractivity (Wildman–Crippen MR) is 104 cm³/mol. The summed E-state index contributed by atoms with van der Waals surface area (Å²) in [5, 5.41) is 2.76. The minimum Gasteiger partial charge on any atom is -0.461 e. The number of likely N-dealkylation sites (N-methyl/N-ethyl adjacent to an activating group) is 1. The SMILES string of the molecule is Cc1oc2ccc3c(c4c(n3CCCN(C)C)CCN(C)C4)c2c1C. The van der Waals surface area contributed by atoms with Crippen molar-refractivity contribution in [3.8, 4) is 0 Å². The molecule has 1 aliphatic rings. The van der Waals surface area contributed by atoms with Crippen molar-refractivity contribution in [2.24, 2.45) is 0 Å². The highest BCUT2D eigenvalue weighted by Crippen LogP contribution is 2.39. The molecular formula is C21H29N3O. The van der Waals surface area contributed by atoms with Crippen LogP contribution < -0.4 is 0 Å². The first-order valence-electron chi connectivity index (χ1n) is 9.33. The first-order chi connectivity index (χ1) is 12.0. The van der Waals surface area contributed by atoms with Gasteiger partial charge in [-0.2, -0.15) is 0 Å². The van der Waals surface area contributed by atoms with Crippen molar-refractivity contribution in [3.05, 3.63) is 34.7 Å². The van der Waals surface area contributed by atoms with Crippen molar-refractivity contribution in [1.82, 2.24) is 14.4 Å². The lowest BCUT2D eigenvalue weighted by molar-refractivity contribution is 0.308. The third kappa shape index (κ3) is 2.68. The zero-order valence-electron chi connectivity index (χ0n) is 16.1. The van der Waals surface area contributed by atoms with Crippen LogP contribution in [0.15, 0.2) is 16.5 Å². The van der Waals surface area contributed by atoms with Crippen molar-refractivity contribution in [2.75, 3.05) is 34.2 Å². The van der Waals surface area contributed by atoms with E-state index in [1.54, 1.807) is 0 Å². The third-order valence-corrected chi connectivity index (χ3v) is 5.72. The lowest BCUT2D eigenvalue weighted by Crippen LogP contribution is -2.27. The van der Waals surface area contributed by atoms with Crippen LogP contribution in [-0.4, -0.2) is 48.6 Å².